The maximum absolute atomic E-state index is 5.48. The maximum Gasteiger partial charge on any atom is 0.193 e. The van der Waals surface area contributed by atoms with Gasteiger partial charge in [0.2, 0.25) is 0 Å². The Hall–Kier alpha value is -2.17. The van der Waals surface area contributed by atoms with Crippen molar-refractivity contribution in [2.24, 2.45) is 4.99 Å². The minimum Gasteiger partial charge on any atom is -0.493 e. The number of nitrogens with one attached hydrogen (secondary N) is 1. The molecule has 24 heavy (non-hydrogen) atoms. The minimum atomic E-state index is 0.674. The lowest BCUT2D eigenvalue weighted by atomic mass is 10.1. The maximum atomic E-state index is 5.48. The predicted octanol–water partition coefficient (Wildman–Crippen LogP) is 3.24. The fourth-order valence-corrected chi connectivity index (χ4v) is 2.58. The molecule has 0 radical (unpaired) electrons. The third-order valence-electron chi connectivity index (χ3n) is 3.85. The molecule has 0 aliphatic carbocycles. The standard InChI is InChI=1S/C19H31N3O2/c1-7-9-11-22(4)19(20-3)21-14-15-12-16(10-8-2)18(24-6)17(13-15)23-5/h8,12-13H,2,7,9-11,14H2,1,3-6H3,(H,20,21). The second-order valence-corrected chi connectivity index (χ2v) is 5.66. The molecule has 0 aliphatic rings. The molecule has 0 heterocycles. The van der Waals surface area contributed by atoms with Crippen LogP contribution in [0.25, 0.3) is 0 Å². The van der Waals surface area contributed by atoms with Gasteiger partial charge in [0, 0.05) is 32.7 Å². The molecule has 5 heteroatoms. The molecule has 1 rings (SSSR count). The van der Waals surface area contributed by atoms with Gasteiger partial charge in [0.15, 0.2) is 17.5 Å². The van der Waals surface area contributed by atoms with Crippen LogP contribution in [0.15, 0.2) is 29.8 Å². The van der Waals surface area contributed by atoms with E-state index in [1.165, 1.54) is 6.42 Å². The van der Waals surface area contributed by atoms with E-state index in [1.54, 1.807) is 14.2 Å². The van der Waals surface area contributed by atoms with E-state index in [0.29, 0.717) is 6.54 Å². The van der Waals surface area contributed by atoms with Crippen molar-refractivity contribution in [2.45, 2.75) is 32.7 Å². The molecule has 0 unspecified atom stereocenters. The molecule has 0 saturated heterocycles. The molecule has 0 spiro atoms. The molecular formula is C19H31N3O2. The number of guanidine groups is 1. The summed E-state index contributed by atoms with van der Waals surface area (Å²) in [5.41, 5.74) is 2.19. The quantitative estimate of drug-likeness (QED) is 0.428. The molecule has 0 saturated carbocycles. The van der Waals surface area contributed by atoms with E-state index in [9.17, 15) is 0 Å². The first-order valence-electron chi connectivity index (χ1n) is 8.37. The van der Waals surface area contributed by atoms with Crippen LogP contribution in [-0.2, 0) is 13.0 Å². The Bertz CT molecular complexity index is 556. The van der Waals surface area contributed by atoms with Gasteiger partial charge >= 0.3 is 0 Å². The van der Waals surface area contributed by atoms with E-state index in [1.807, 2.05) is 19.2 Å². The largest absolute Gasteiger partial charge is 0.493 e. The molecule has 1 N–H and O–H groups in total. The highest BCUT2D eigenvalue weighted by Gasteiger charge is 2.12. The van der Waals surface area contributed by atoms with Crippen LogP contribution in [0.5, 0.6) is 11.5 Å². The topological polar surface area (TPSA) is 46.1 Å². The molecule has 134 valence electrons. The summed E-state index contributed by atoms with van der Waals surface area (Å²) >= 11 is 0. The van der Waals surface area contributed by atoms with Gasteiger partial charge in [0.05, 0.1) is 14.2 Å². The SMILES string of the molecule is C=CCc1cc(CNC(=NC)N(C)CCCC)cc(OC)c1OC. The number of hydrogen-bond donors (Lipinski definition) is 1. The summed E-state index contributed by atoms with van der Waals surface area (Å²) in [5, 5.41) is 3.41. The molecule has 1 aromatic carbocycles. The van der Waals surface area contributed by atoms with Crippen LogP contribution < -0.4 is 14.8 Å². The molecule has 0 aliphatic heterocycles. The Morgan fingerprint density at radius 1 is 1.33 bits per heavy atom. The second kappa shape index (κ2) is 10.6. The third kappa shape index (κ3) is 5.48. The minimum absolute atomic E-state index is 0.674. The fourth-order valence-electron chi connectivity index (χ4n) is 2.58. The van der Waals surface area contributed by atoms with Crippen LogP contribution in [0.2, 0.25) is 0 Å². The normalized spacial score (nSPS) is 11.1. The lowest BCUT2D eigenvalue weighted by Gasteiger charge is -2.22. The Labute approximate surface area is 146 Å². The van der Waals surface area contributed by atoms with Crippen LogP contribution in [-0.4, -0.2) is 45.7 Å². The molecule has 0 fully saturated rings. The monoisotopic (exact) mass is 333 g/mol. The van der Waals surface area contributed by atoms with Gasteiger partial charge in [-0.2, -0.15) is 0 Å². The Morgan fingerprint density at radius 2 is 2.08 bits per heavy atom. The molecule has 0 amide bonds. The first kappa shape index (κ1) is 19.9. The highest BCUT2D eigenvalue weighted by molar-refractivity contribution is 5.79. The van der Waals surface area contributed by atoms with Crippen molar-refractivity contribution in [1.82, 2.24) is 10.2 Å². The van der Waals surface area contributed by atoms with Crippen LogP contribution >= 0.6 is 0 Å². The molecule has 1 aromatic rings. The zero-order valence-corrected chi connectivity index (χ0v) is 15.7. The highest BCUT2D eigenvalue weighted by atomic mass is 16.5. The summed E-state index contributed by atoms with van der Waals surface area (Å²) in [4.78, 5) is 6.50. The van der Waals surface area contributed by atoms with E-state index >= 15 is 0 Å². The Morgan fingerprint density at radius 3 is 2.62 bits per heavy atom. The van der Waals surface area contributed by atoms with Crippen molar-refractivity contribution in [1.29, 1.82) is 0 Å². The zero-order chi connectivity index (χ0) is 17.9. The van der Waals surface area contributed by atoms with Crippen molar-refractivity contribution in [3.05, 3.63) is 35.9 Å². The number of nitrogens with zero attached hydrogens (tertiary/aromatic N) is 2. The predicted molar refractivity (Wildman–Crippen MR) is 101 cm³/mol. The lowest BCUT2D eigenvalue weighted by Crippen LogP contribution is -2.38. The molecule has 0 atom stereocenters. The van der Waals surface area contributed by atoms with Gasteiger partial charge in [0.1, 0.15) is 0 Å². The van der Waals surface area contributed by atoms with Gasteiger partial charge in [-0.3, -0.25) is 4.99 Å². The second-order valence-electron chi connectivity index (χ2n) is 5.66. The van der Waals surface area contributed by atoms with Crippen LogP contribution in [0.1, 0.15) is 30.9 Å². The number of benzene rings is 1. The molecule has 5 nitrogen and oxygen atoms in total. The van der Waals surface area contributed by atoms with Crippen molar-refractivity contribution in [3.63, 3.8) is 0 Å². The number of methoxy groups -OCH3 is 2. The number of ether oxygens (including phenoxy) is 2. The van der Waals surface area contributed by atoms with E-state index < -0.39 is 0 Å². The van der Waals surface area contributed by atoms with Crippen LogP contribution in [0, 0.1) is 0 Å². The van der Waals surface area contributed by atoms with E-state index in [4.69, 9.17) is 9.47 Å². The summed E-state index contributed by atoms with van der Waals surface area (Å²) in [6.45, 7) is 7.67. The number of allylic oxidation sites excluding steroid dienone is 1. The average Bonchev–Trinajstić information content (AvgIpc) is 2.60. The van der Waals surface area contributed by atoms with Gasteiger partial charge in [-0.05, 0) is 30.5 Å². The zero-order valence-electron chi connectivity index (χ0n) is 15.7. The summed E-state index contributed by atoms with van der Waals surface area (Å²) in [6.07, 6.45) is 4.92. The van der Waals surface area contributed by atoms with Crippen molar-refractivity contribution in [2.75, 3.05) is 34.9 Å². The molecular weight excluding hydrogens is 302 g/mol. The van der Waals surface area contributed by atoms with Crippen LogP contribution in [0.3, 0.4) is 0 Å². The summed E-state index contributed by atoms with van der Waals surface area (Å²) in [5.74, 6) is 2.40. The number of rotatable bonds is 9. The summed E-state index contributed by atoms with van der Waals surface area (Å²) in [7, 11) is 7.18. The fraction of sp³-hybridized carbons (Fsp3) is 0.526. The Kier molecular flexibility index (Phi) is 8.76. The van der Waals surface area contributed by atoms with Gasteiger partial charge in [0.25, 0.3) is 0 Å². The number of aliphatic imine (C=N–C) groups is 1. The lowest BCUT2D eigenvalue weighted by molar-refractivity contribution is 0.351. The van der Waals surface area contributed by atoms with Gasteiger partial charge < -0.3 is 19.7 Å². The summed E-state index contributed by atoms with van der Waals surface area (Å²) < 4.78 is 10.9. The van der Waals surface area contributed by atoms with Crippen molar-refractivity contribution < 1.29 is 9.47 Å². The van der Waals surface area contributed by atoms with Crippen molar-refractivity contribution >= 4 is 5.96 Å². The van der Waals surface area contributed by atoms with Crippen LogP contribution in [0.4, 0.5) is 0 Å². The van der Waals surface area contributed by atoms with E-state index in [-0.39, 0.29) is 0 Å². The first-order valence-corrected chi connectivity index (χ1v) is 8.37. The Balaban J connectivity index is 2.90. The van der Waals surface area contributed by atoms with Crippen molar-refractivity contribution in [3.8, 4) is 11.5 Å². The summed E-state index contributed by atoms with van der Waals surface area (Å²) in [6, 6.07) is 4.12. The highest BCUT2D eigenvalue weighted by Crippen LogP contribution is 2.33. The van der Waals surface area contributed by atoms with E-state index in [2.05, 4.69) is 41.8 Å². The van der Waals surface area contributed by atoms with E-state index in [0.717, 1.165) is 48.0 Å². The third-order valence-corrected chi connectivity index (χ3v) is 3.85. The molecule has 0 aromatic heterocycles. The van der Waals surface area contributed by atoms with Gasteiger partial charge in [-0.1, -0.05) is 19.4 Å². The number of unbranched alkanes of at least 4 members (excludes halogenated alkanes) is 1. The first-order chi connectivity index (χ1) is 11.6. The number of hydrogen-bond acceptors (Lipinski definition) is 3. The van der Waals surface area contributed by atoms with Gasteiger partial charge in [-0.25, -0.2) is 0 Å². The average molecular weight is 333 g/mol. The smallest absolute Gasteiger partial charge is 0.193 e. The van der Waals surface area contributed by atoms with Gasteiger partial charge in [-0.15, -0.1) is 6.58 Å². The molecule has 0 bridgehead atoms.